The number of hydrogen-bond acceptors (Lipinski definition) is 3. The van der Waals surface area contributed by atoms with Crippen molar-refractivity contribution in [2.24, 2.45) is 0 Å². The van der Waals surface area contributed by atoms with Crippen LogP contribution in [0.5, 0.6) is 0 Å². The summed E-state index contributed by atoms with van der Waals surface area (Å²) in [7, 11) is 0. The van der Waals surface area contributed by atoms with Gasteiger partial charge in [0.15, 0.2) is 0 Å². The van der Waals surface area contributed by atoms with E-state index in [0.717, 1.165) is 45.9 Å². The third-order valence-corrected chi connectivity index (χ3v) is 7.12. The molecule has 1 unspecified atom stereocenters. The van der Waals surface area contributed by atoms with Crippen molar-refractivity contribution >= 4 is 0 Å². The minimum absolute atomic E-state index is 0.459. The molecule has 1 heterocycles. The van der Waals surface area contributed by atoms with Gasteiger partial charge in [0.2, 0.25) is 0 Å². The maximum Gasteiger partial charge on any atom is 0.0634 e. The zero-order valence-corrected chi connectivity index (χ0v) is 21.7. The summed E-state index contributed by atoms with van der Waals surface area (Å²) in [6.07, 6.45) is 13.7. The first-order valence-corrected chi connectivity index (χ1v) is 14.0. The predicted molar refractivity (Wildman–Crippen MR) is 145 cm³/mol. The maximum absolute atomic E-state index is 6.24. The molecule has 3 heteroatoms. The fourth-order valence-corrected chi connectivity index (χ4v) is 5.04. The van der Waals surface area contributed by atoms with Gasteiger partial charge in [-0.05, 0) is 17.5 Å². The van der Waals surface area contributed by atoms with E-state index in [1.807, 2.05) is 0 Å². The van der Waals surface area contributed by atoms with Crippen LogP contribution in [0.1, 0.15) is 82.3 Å². The molecular formula is C31H48N2O. The van der Waals surface area contributed by atoms with Gasteiger partial charge in [0.25, 0.3) is 0 Å². The topological polar surface area (TPSA) is 15.7 Å². The van der Waals surface area contributed by atoms with E-state index in [1.54, 1.807) is 0 Å². The van der Waals surface area contributed by atoms with E-state index in [2.05, 4.69) is 77.4 Å². The van der Waals surface area contributed by atoms with Crippen LogP contribution in [0, 0.1) is 0 Å². The lowest BCUT2D eigenvalue weighted by atomic mass is 10.1. The van der Waals surface area contributed by atoms with E-state index in [0.29, 0.717) is 6.04 Å². The van der Waals surface area contributed by atoms with Gasteiger partial charge in [0, 0.05) is 45.4 Å². The Balaban J connectivity index is 1.36. The molecule has 0 bridgehead atoms. The van der Waals surface area contributed by atoms with E-state index in [1.165, 1.54) is 75.3 Å². The van der Waals surface area contributed by atoms with E-state index in [-0.39, 0.29) is 0 Å². The smallest absolute Gasteiger partial charge is 0.0634 e. The van der Waals surface area contributed by atoms with Crippen LogP contribution in [0.2, 0.25) is 0 Å². The summed E-state index contributed by atoms with van der Waals surface area (Å²) in [4.78, 5) is 5.24. The van der Waals surface area contributed by atoms with E-state index in [9.17, 15) is 0 Å². The highest BCUT2D eigenvalue weighted by Crippen LogP contribution is 2.17. The van der Waals surface area contributed by atoms with Crippen molar-refractivity contribution in [2.75, 3.05) is 32.8 Å². The van der Waals surface area contributed by atoms with Crippen molar-refractivity contribution in [1.82, 2.24) is 9.80 Å². The van der Waals surface area contributed by atoms with Crippen molar-refractivity contribution in [1.29, 1.82) is 0 Å². The molecule has 1 aliphatic heterocycles. The molecule has 188 valence electrons. The third kappa shape index (κ3) is 10.7. The number of piperazine rings is 1. The van der Waals surface area contributed by atoms with Gasteiger partial charge in [-0.25, -0.2) is 0 Å². The molecule has 0 radical (unpaired) electrons. The lowest BCUT2D eigenvalue weighted by Gasteiger charge is -2.41. The van der Waals surface area contributed by atoms with Crippen LogP contribution in [-0.2, 0) is 17.8 Å². The molecule has 0 aromatic heterocycles. The van der Waals surface area contributed by atoms with Crippen LogP contribution in [0.3, 0.4) is 0 Å². The first-order valence-electron chi connectivity index (χ1n) is 14.0. The second-order valence-corrected chi connectivity index (χ2v) is 10.1. The molecule has 0 amide bonds. The lowest BCUT2D eigenvalue weighted by molar-refractivity contribution is 0.00235. The summed E-state index contributed by atoms with van der Waals surface area (Å²) < 4.78 is 6.24. The number of unbranched alkanes of at least 4 members (excludes halogenated alkanes) is 9. The molecule has 2 aromatic rings. The zero-order valence-electron chi connectivity index (χ0n) is 21.7. The van der Waals surface area contributed by atoms with Gasteiger partial charge >= 0.3 is 0 Å². The fourth-order valence-electron chi connectivity index (χ4n) is 5.04. The average Bonchev–Trinajstić information content (AvgIpc) is 2.87. The van der Waals surface area contributed by atoms with Gasteiger partial charge in [-0.3, -0.25) is 9.80 Å². The number of rotatable bonds is 17. The molecule has 0 spiro atoms. The summed E-state index contributed by atoms with van der Waals surface area (Å²) in [5.41, 5.74) is 2.81. The molecule has 1 aliphatic rings. The Morgan fingerprint density at radius 3 is 1.85 bits per heavy atom. The van der Waals surface area contributed by atoms with E-state index < -0.39 is 0 Å². The maximum atomic E-state index is 6.24. The monoisotopic (exact) mass is 464 g/mol. The van der Waals surface area contributed by atoms with E-state index >= 15 is 0 Å². The molecule has 0 N–H and O–H groups in total. The summed E-state index contributed by atoms with van der Waals surface area (Å²) in [5.74, 6) is 0. The highest BCUT2D eigenvalue weighted by molar-refractivity contribution is 5.16. The summed E-state index contributed by atoms with van der Waals surface area (Å²) in [6.45, 7) is 9.41. The van der Waals surface area contributed by atoms with Crippen molar-refractivity contribution in [3.63, 3.8) is 0 Å². The van der Waals surface area contributed by atoms with Gasteiger partial charge in [0.05, 0.1) is 6.61 Å². The Labute approximate surface area is 209 Å². The molecule has 3 rings (SSSR count). The molecule has 34 heavy (non-hydrogen) atoms. The molecule has 0 aliphatic carbocycles. The van der Waals surface area contributed by atoms with Crippen molar-refractivity contribution in [3.8, 4) is 0 Å². The number of hydrogen-bond donors (Lipinski definition) is 0. The Morgan fingerprint density at radius 2 is 1.24 bits per heavy atom. The minimum Gasteiger partial charge on any atom is -0.380 e. The van der Waals surface area contributed by atoms with Crippen LogP contribution in [0.15, 0.2) is 60.7 Å². The second-order valence-electron chi connectivity index (χ2n) is 10.1. The van der Waals surface area contributed by atoms with Crippen LogP contribution < -0.4 is 0 Å². The van der Waals surface area contributed by atoms with Gasteiger partial charge in [0.1, 0.15) is 0 Å². The average molecular weight is 465 g/mol. The normalized spacial score (nSPS) is 17.3. The number of ether oxygens (including phenoxy) is 1. The van der Waals surface area contributed by atoms with Crippen molar-refractivity contribution in [2.45, 2.75) is 90.3 Å². The van der Waals surface area contributed by atoms with Crippen LogP contribution in [0.4, 0.5) is 0 Å². The Kier molecular flexibility index (Phi) is 13.4. The molecule has 0 saturated carbocycles. The quantitative estimate of drug-likeness (QED) is 0.228. The summed E-state index contributed by atoms with van der Waals surface area (Å²) in [5, 5.41) is 0. The van der Waals surface area contributed by atoms with Gasteiger partial charge in [-0.15, -0.1) is 0 Å². The minimum atomic E-state index is 0.459. The molecule has 3 nitrogen and oxygen atoms in total. The van der Waals surface area contributed by atoms with E-state index in [4.69, 9.17) is 4.74 Å². The number of nitrogens with zero attached hydrogens (tertiary/aromatic N) is 2. The highest BCUT2D eigenvalue weighted by Gasteiger charge is 2.27. The van der Waals surface area contributed by atoms with Gasteiger partial charge in [-0.2, -0.15) is 0 Å². The standard InChI is InChI=1S/C31H48N2O/c1-2-3-4-5-6-7-8-9-10-17-24-34-28-31-27-32(25-29-18-13-11-14-19-29)22-23-33(31)26-30-20-15-12-16-21-30/h11-16,18-21,31H,2-10,17,22-28H2,1H3. The highest BCUT2D eigenvalue weighted by atomic mass is 16.5. The lowest BCUT2D eigenvalue weighted by Crippen LogP contribution is -2.54. The molecule has 2 aromatic carbocycles. The van der Waals surface area contributed by atoms with Crippen molar-refractivity contribution in [3.05, 3.63) is 71.8 Å². The van der Waals surface area contributed by atoms with Gasteiger partial charge in [-0.1, -0.05) is 125 Å². The van der Waals surface area contributed by atoms with Crippen LogP contribution in [0.25, 0.3) is 0 Å². The third-order valence-electron chi connectivity index (χ3n) is 7.12. The summed E-state index contributed by atoms with van der Waals surface area (Å²) >= 11 is 0. The molecular weight excluding hydrogens is 416 g/mol. The fraction of sp³-hybridized carbons (Fsp3) is 0.613. The Morgan fingerprint density at radius 1 is 0.676 bits per heavy atom. The van der Waals surface area contributed by atoms with Gasteiger partial charge < -0.3 is 4.74 Å². The molecule has 1 saturated heterocycles. The molecule has 1 fully saturated rings. The van der Waals surface area contributed by atoms with Crippen LogP contribution >= 0.6 is 0 Å². The first-order chi connectivity index (χ1) is 16.8. The van der Waals surface area contributed by atoms with Crippen molar-refractivity contribution < 1.29 is 4.74 Å². The SMILES string of the molecule is CCCCCCCCCCCCOCC1CN(Cc2ccccc2)CCN1Cc1ccccc1. The first kappa shape index (κ1) is 26.9. The number of benzene rings is 2. The Bertz CT molecular complexity index is 736. The largest absolute Gasteiger partial charge is 0.380 e. The predicted octanol–water partition coefficient (Wildman–Crippen LogP) is 7.31. The second kappa shape index (κ2) is 16.9. The zero-order chi connectivity index (χ0) is 23.7. The van der Waals surface area contributed by atoms with Crippen LogP contribution in [-0.4, -0.2) is 48.7 Å². The molecule has 1 atom stereocenters. The summed E-state index contributed by atoms with van der Waals surface area (Å²) in [6, 6.07) is 22.2. The Hall–Kier alpha value is -1.68.